The molecule has 3 nitrogen and oxygen atoms in total. The monoisotopic (exact) mass is 220 g/mol. The highest BCUT2D eigenvalue weighted by Crippen LogP contribution is 2.42. The Morgan fingerprint density at radius 3 is 3.00 bits per heavy atom. The summed E-state index contributed by atoms with van der Waals surface area (Å²) >= 11 is 0. The van der Waals surface area contributed by atoms with E-state index in [-0.39, 0.29) is 11.9 Å². The Morgan fingerprint density at radius 2 is 2.31 bits per heavy atom. The van der Waals surface area contributed by atoms with Crippen LogP contribution in [0.15, 0.2) is 12.2 Å². The van der Waals surface area contributed by atoms with Gasteiger partial charge in [0.1, 0.15) is 0 Å². The molecule has 88 valence electrons. The summed E-state index contributed by atoms with van der Waals surface area (Å²) in [4.78, 5) is 11.6. The van der Waals surface area contributed by atoms with Crippen molar-refractivity contribution in [1.82, 2.24) is 10.6 Å². The Labute approximate surface area is 96.7 Å². The van der Waals surface area contributed by atoms with E-state index in [4.69, 9.17) is 0 Å². The van der Waals surface area contributed by atoms with E-state index >= 15 is 0 Å². The van der Waals surface area contributed by atoms with Crippen molar-refractivity contribution in [2.75, 3.05) is 13.1 Å². The number of rotatable bonds is 3. The number of allylic oxidation sites excluding steroid dienone is 2. The number of nitrogens with one attached hydrogen (secondary N) is 2. The first-order chi connectivity index (χ1) is 7.83. The van der Waals surface area contributed by atoms with Crippen molar-refractivity contribution in [2.45, 2.75) is 31.7 Å². The van der Waals surface area contributed by atoms with Gasteiger partial charge in [0.15, 0.2) is 0 Å². The van der Waals surface area contributed by atoms with E-state index in [1.54, 1.807) is 0 Å². The van der Waals surface area contributed by atoms with Crippen LogP contribution in [0.3, 0.4) is 0 Å². The summed E-state index contributed by atoms with van der Waals surface area (Å²) in [6.07, 6.45) is 9.53. The second-order valence-electron chi connectivity index (χ2n) is 5.43. The van der Waals surface area contributed by atoms with E-state index in [0.29, 0.717) is 0 Å². The maximum absolute atomic E-state index is 11.6. The summed E-state index contributed by atoms with van der Waals surface area (Å²) < 4.78 is 0. The Balaban J connectivity index is 1.49. The van der Waals surface area contributed by atoms with Gasteiger partial charge in [-0.2, -0.15) is 0 Å². The quantitative estimate of drug-likeness (QED) is 0.698. The zero-order valence-corrected chi connectivity index (χ0v) is 9.61. The number of carbonyl (C=O) groups is 1. The van der Waals surface area contributed by atoms with E-state index < -0.39 is 0 Å². The molecule has 3 aliphatic rings. The summed E-state index contributed by atoms with van der Waals surface area (Å²) in [6, 6.07) is 0.0665. The van der Waals surface area contributed by atoms with Crippen molar-refractivity contribution in [1.29, 1.82) is 0 Å². The number of carbonyl (C=O) groups excluding carboxylic acids is 1. The molecule has 0 aromatic carbocycles. The molecule has 2 N–H and O–H groups in total. The summed E-state index contributed by atoms with van der Waals surface area (Å²) in [5.74, 6) is 2.58. The lowest BCUT2D eigenvalue weighted by molar-refractivity contribution is -0.124. The lowest BCUT2D eigenvalue weighted by Gasteiger charge is -2.26. The van der Waals surface area contributed by atoms with Crippen molar-refractivity contribution in [3.63, 3.8) is 0 Å². The topological polar surface area (TPSA) is 41.1 Å². The van der Waals surface area contributed by atoms with Crippen LogP contribution >= 0.6 is 0 Å². The fourth-order valence-electron chi connectivity index (χ4n) is 3.39. The molecule has 4 unspecified atom stereocenters. The maximum Gasteiger partial charge on any atom is 0.237 e. The van der Waals surface area contributed by atoms with Gasteiger partial charge in [-0.3, -0.25) is 4.79 Å². The first-order valence-corrected chi connectivity index (χ1v) is 6.52. The molecule has 4 atom stereocenters. The molecule has 1 saturated carbocycles. The van der Waals surface area contributed by atoms with Crippen LogP contribution in [0, 0.1) is 17.8 Å². The molecule has 0 spiro atoms. The largest absolute Gasteiger partial charge is 0.355 e. The summed E-state index contributed by atoms with van der Waals surface area (Å²) in [6.45, 7) is 1.87. The lowest BCUT2D eigenvalue weighted by atomic mass is 9.93. The third-order valence-electron chi connectivity index (χ3n) is 4.33. The molecule has 2 bridgehead atoms. The van der Waals surface area contributed by atoms with Crippen LogP contribution < -0.4 is 10.6 Å². The number of fused-ring (bicyclic) bond motifs is 2. The van der Waals surface area contributed by atoms with E-state index in [9.17, 15) is 4.79 Å². The van der Waals surface area contributed by atoms with Gasteiger partial charge in [-0.05, 0) is 50.0 Å². The minimum absolute atomic E-state index is 0.0665. The lowest BCUT2D eigenvalue weighted by Crippen LogP contribution is -2.49. The van der Waals surface area contributed by atoms with Gasteiger partial charge in [-0.25, -0.2) is 0 Å². The third kappa shape index (κ3) is 1.88. The third-order valence-corrected chi connectivity index (χ3v) is 4.33. The molecular weight excluding hydrogens is 200 g/mol. The molecule has 0 radical (unpaired) electrons. The molecule has 2 fully saturated rings. The van der Waals surface area contributed by atoms with Gasteiger partial charge >= 0.3 is 0 Å². The fraction of sp³-hybridized carbons (Fsp3) is 0.769. The minimum Gasteiger partial charge on any atom is -0.355 e. The van der Waals surface area contributed by atoms with E-state index in [0.717, 1.165) is 43.7 Å². The van der Waals surface area contributed by atoms with Crippen LogP contribution in [0.2, 0.25) is 0 Å². The van der Waals surface area contributed by atoms with Crippen LogP contribution in [0.5, 0.6) is 0 Å². The van der Waals surface area contributed by atoms with Gasteiger partial charge in [0.2, 0.25) is 5.91 Å². The predicted molar refractivity (Wildman–Crippen MR) is 62.9 cm³/mol. The average molecular weight is 220 g/mol. The van der Waals surface area contributed by atoms with Crippen molar-refractivity contribution in [2.24, 2.45) is 17.8 Å². The number of hydrogen-bond acceptors (Lipinski definition) is 2. The number of amides is 1. The number of piperidine rings is 1. The second kappa shape index (κ2) is 4.21. The molecular formula is C13H20N2O. The van der Waals surface area contributed by atoms with E-state index in [1.807, 2.05) is 0 Å². The number of hydrogen-bond donors (Lipinski definition) is 2. The van der Waals surface area contributed by atoms with Crippen molar-refractivity contribution < 1.29 is 4.79 Å². The molecule has 3 heteroatoms. The van der Waals surface area contributed by atoms with Gasteiger partial charge in [0.05, 0.1) is 6.04 Å². The van der Waals surface area contributed by atoms with Gasteiger partial charge in [0, 0.05) is 6.54 Å². The summed E-state index contributed by atoms with van der Waals surface area (Å²) in [7, 11) is 0. The highest BCUT2D eigenvalue weighted by molar-refractivity contribution is 5.82. The molecule has 3 rings (SSSR count). The zero-order chi connectivity index (χ0) is 11.0. The van der Waals surface area contributed by atoms with E-state index in [2.05, 4.69) is 22.8 Å². The molecule has 0 aromatic rings. The molecule has 1 saturated heterocycles. The Morgan fingerprint density at radius 1 is 1.38 bits per heavy atom. The zero-order valence-electron chi connectivity index (χ0n) is 9.61. The molecule has 16 heavy (non-hydrogen) atoms. The van der Waals surface area contributed by atoms with Crippen LogP contribution in [0.4, 0.5) is 0 Å². The molecule has 0 aromatic heterocycles. The molecule has 1 amide bonds. The SMILES string of the molecule is O=C1NCCCC1NCC1CC2C=CC1C2. The van der Waals surface area contributed by atoms with Crippen LogP contribution in [-0.2, 0) is 4.79 Å². The average Bonchev–Trinajstić information content (AvgIpc) is 2.90. The van der Waals surface area contributed by atoms with Gasteiger partial charge in [0.25, 0.3) is 0 Å². The van der Waals surface area contributed by atoms with Crippen molar-refractivity contribution in [3.05, 3.63) is 12.2 Å². The Kier molecular flexibility index (Phi) is 2.72. The van der Waals surface area contributed by atoms with Crippen LogP contribution in [0.1, 0.15) is 25.7 Å². The van der Waals surface area contributed by atoms with Crippen molar-refractivity contribution in [3.8, 4) is 0 Å². The summed E-state index contributed by atoms with van der Waals surface area (Å²) in [5.41, 5.74) is 0. The highest BCUT2D eigenvalue weighted by atomic mass is 16.2. The summed E-state index contributed by atoms with van der Waals surface area (Å²) in [5, 5.41) is 6.38. The van der Waals surface area contributed by atoms with Gasteiger partial charge in [-0.1, -0.05) is 12.2 Å². The second-order valence-corrected chi connectivity index (χ2v) is 5.43. The predicted octanol–water partition coefficient (Wildman–Crippen LogP) is 1.07. The first kappa shape index (κ1) is 10.3. The van der Waals surface area contributed by atoms with Gasteiger partial charge in [-0.15, -0.1) is 0 Å². The van der Waals surface area contributed by atoms with E-state index in [1.165, 1.54) is 12.8 Å². The maximum atomic E-state index is 11.6. The molecule has 1 aliphatic heterocycles. The standard InChI is InChI=1S/C13H20N2O/c16-13-12(2-1-5-14-13)15-8-11-7-9-3-4-10(11)6-9/h3-4,9-12,15H,1-2,5-8H2,(H,14,16). The molecule has 1 heterocycles. The normalized spacial score (nSPS) is 41.4. The molecule has 2 aliphatic carbocycles. The first-order valence-electron chi connectivity index (χ1n) is 6.52. The van der Waals surface area contributed by atoms with Crippen molar-refractivity contribution >= 4 is 5.91 Å². The Bertz CT molecular complexity index is 313. The van der Waals surface area contributed by atoms with Gasteiger partial charge < -0.3 is 10.6 Å². The highest BCUT2D eigenvalue weighted by Gasteiger charge is 2.35. The Hall–Kier alpha value is -0.830. The minimum atomic E-state index is 0.0665. The van der Waals surface area contributed by atoms with Crippen LogP contribution in [-0.4, -0.2) is 25.0 Å². The fourth-order valence-corrected chi connectivity index (χ4v) is 3.39. The van der Waals surface area contributed by atoms with Crippen LogP contribution in [0.25, 0.3) is 0 Å². The smallest absolute Gasteiger partial charge is 0.237 e.